The Balaban J connectivity index is 1.43. The Morgan fingerprint density at radius 1 is 1.46 bits per heavy atom. The van der Waals surface area contributed by atoms with Gasteiger partial charge in [-0.05, 0) is 50.4 Å². The highest BCUT2D eigenvalue weighted by atomic mass is 32.1. The first-order valence-electron chi connectivity index (χ1n) is 9.50. The van der Waals surface area contributed by atoms with Crippen LogP contribution in [-0.2, 0) is 24.2 Å². The third-order valence-electron chi connectivity index (χ3n) is 5.03. The van der Waals surface area contributed by atoms with Crippen molar-refractivity contribution < 1.29 is 4.79 Å². The largest absolute Gasteiger partial charge is 0.302 e. The third-order valence-corrected chi connectivity index (χ3v) is 6.38. The number of nitrogens with zero attached hydrogens (tertiary/aromatic N) is 3. The van der Waals surface area contributed by atoms with Crippen molar-refractivity contribution in [3.05, 3.63) is 45.2 Å². The van der Waals surface area contributed by atoms with E-state index in [0.29, 0.717) is 28.8 Å². The van der Waals surface area contributed by atoms with Gasteiger partial charge in [-0.15, -0.1) is 11.3 Å². The van der Waals surface area contributed by atoms with Crippen LogP contribution in [0.25, 0.3) is 11.4 Å². The molecule has 0 bridgehead atoms. The highest BCUT2D eigenvalue weighted by Gasteiger charge is 2.20. The summed E-state index contributed by atoms with van der Waals surface area (Å²) in [5, 5.41) is 10.8. The fourth-order valence-corrected chi connectivity index (χ4v) is 4.93. The van der Waals surface area contributed by atoms with Gasteiger partial charge in [0.25, 0.3) is 0 Å². The predicted molar refractivity (Wildman–Crippen MR) is 114 cm³/mol. The number of H-pyrrole nitrogens is 1. The number of anilines is 1. The molecule has 1 aliphatic rings. The maximum Gasteiger partial charge on any atom is 0.227 e. The zero-order valence-electron chi connectivity index (χ0n) is 16.0. The van der Waals surface area contributed by atoms with Crippen molar-refractivity contribution in [1.29, 1.82) is 0 Å². The van der Waals surface area contributed by atoms with Gasteiger partial charge in [-0.3, -0.25) is 14.5 Å². The molecule has 1 aromatic carbocycles. The Kier molecular flexibility index (Phi) is 5.41. The molecule has 146 valence electrons. The predicted octanol–water partition coefficient (Wildman–Crippen LogP) is 4.53. The molecule has 0 aliphatic heterocycles. The Hall–Kier alpha value is -2.32. The molecule has 0 radical (unpaired) electrons. The first-order valence-corrected chi connectivity index (χ1v) is 10.7. The molecule has 1 aliphatic carbocycles. The molecule has 0 saturated carbocycles. The summed E-state index contributed by atoms with van der Waals surface area (Å²) in [4.78, 5) is 18.4. The number of hydrogen-bond donors (Lipinski definition) is 2. The number of fused-ring (bicyclic) bond motifs is 1. The van der Waals surface area contributed by atoms with Crippen LogP contribution in [0.15, 0.2) is 24.3 Å². The summed E-state index contributed by atoms with van der Waals surface area (Å²) in [5.74, 6) is 1.39. The molecule has 0 saturated heterocycles. The molecular formula is C20H23N5OS2. The van der Waals surface area contributed by atoms with Gasteiger partial charge in [-0.2, -0.15) is 5.10 Å². The topological polar surface area (TPSA) is 75.6 Å². The van der Waals surface area contributed by atoms with Crippen molar-refractivity contribution in [1.82, 2.24) is 19.7 Å². The highest BCUT2D eigenvalue weighted by molar-refractivity contribution is 7.71. The Morgan fingerprint density at radius 3 is 3.14 bits per heavy atom. The maximum atomic E-state index is 12.5. The maximum absolute atomic E-state index is 12.5. The summed E-state index contributed by atoms with van der Waals surface area (Å²) in [6.07, 6.45) is 3.55. The summed E-state index contributed by atoms with van der Waals surface area (Å²) in [6.45, 7) is 4.77. The number of amides is 1. The van der Waals surface area contributed by atoms with E-state index in [9.17, 15) is 4.79 Å². The van der Waals surface area contributed by atoms with E-state index in [4.69, 9.17) is 12.2 Å². The first kappa shape index (κ1) is 19.0. The van der Waals surface area contributed by atoms with Crippen LogP contribution >= 0.6 is 23.6 Å². The van der Waals surface area contributed by atoms with Gasteiger partial charge in [0.05, 0.1) is 5.69 Å². The summed E-state index contributed by atoms with van der Waals surface area (Å²) in [7, 11) is 0. The molecule has 0 spiro atoms. The molecule has 8 heteroatoms. The second kappa shape index (κ2) is 7.97. The lowest BCUT2D eigenvalue weighted by atomic mass is 9.93. The minimum atomic E-state index is -0.0579. The van der Waals surface area contributed by atoms with Crippen LogP contribution in [0.5, 0.6) is 0 Å². The number of rotatable bonds is 5. The zero-order chi connectivity index (χ0) is 19.7. The van der Waals surface area contributed by atoms with Crippen LogP contribution in [0, 0.1) is 17.6 Å². The number of hydrogen-bond acceptors (Lipinski definition) is 5. The minimum absolute atomic E-state index is 0.0579. The molecule has 4 rings (SSSR count). The van der Waals surface area contributed by atoms with Gasteiger partial charge in [0, 0.05) is 23.4 Å². The number of thiazole rings is 1. The summed E-state index contributed by atoms with van der Waals surface area (Å²) >= 11 is 6.97. The first-order chi connectivity index (χ1) is 13.5. The van der Waals surface area contributed by atoms with E-state index in [2.05, 4.69) is 33.5 Å². The molecule has 0 fully saturated rings. The molecule has 3 aromatic rings. The van der Waals surface area contributed by atoms with Crippen LogP contribution in [0.3, 0.4) is 0 Å². The fraction of sp³-hybridized carbons (Fsp3) is 0.400. The number of nitrogens with one attached hydrogen (secondary N) is 2. The van der Waals surface area contributed by atoms with Crippen LogP contribution in [-0.4, -0.2) is 25.7 Å². The smallest absolute Gasteiger partial charge is 0.227 e. The molecule has 28 heavy (non-hydrogen) atoms. The van der Waals surface area contributed by atoms with Gasteiger partial charge >= 0.3 is 0 Å². The highest BCUT2D eigenvalue weighted by Crippen LogP contribution is 2.32. The molecule has 1 atom stereocenters. The summed E-state index contributed by atoms with van der Waals surface area (Å²) < 4.78 is 2.39. The van der Waals surface area contributed by atoms with Crippen molar-refractivity contribution in [2.45, 2.75) is 46.1 Å². The minimum Gasteiger partial charge on any atom is -0.302 e. The van der Waals surface area contributed by atoms with Gasteiger partial charge in [-0.25, -0.2) is 4.98 Å². The number of aromatic nitrogens is 4. The van der Waals surface area contributed by atoms with Crippen molar-refractivity contribution in [2.75, 3.05) is 5.32 Å². The van der Waals surface area contributed by atoms with E-state index < -0.39 is 0 Å². The Bertz CT molecular complexity index is 1060. The van der Waals surface area contributed by atoms with Crippen molar-refractivity contribution in [3.63, 3.8) is 0 Å². The lowest BCUT2D eigenvalue weighted by Gasteiger charge is -2.15. The summed E-state index contributed by atoms with van der Waals surface area (Å²) in [5.41, 5.74) is 3.28. The monoisotopic (exact) mass is 413 g/mol. The number of aromatic amines is 1. The summed E-state index contributed by atoms with van der Waals surface area (Å²) in [6, 6.07) is 8.08. The lowest BCUT2D eigenvalue weighted by molar-refractivity contribution is -0.116. The average Bonchev–Trinajstić information content (AvgIpc) is 3.22. The van der Waals surface area contributed by atoms with Crippen LogP contribution in [0.2, 0.25) is 0 Å². The van der Waals surface area contributed by atoms with E-state index in [1.54, 1.807) is 11.3 Å². The van der Waals surface area contributed by atoms with Gasteiger partial charge in [0.2, 0.25) is 5.91 Å². The molecule has 2 N–H and O–H groups in total. The number of benzene rings is 1. The van der Waals surface area contributed by atoms with E-state index in [1.165, 1.54) is 11.3 Å². The van der Waals surface area contributed by atoms with E-state index in [0.717, 1.165) is 35.5 Å². The van der Waals surface area contributed by atoms with Gasteiger partial charge < -0.3 is 5.32 Å². The third kappa shape index (κ3) is 4.07. The molecule has 1 amide bonds. The molecule has 1 unspecified atom stereocenters. The second-order valence-electron chi connectivity index (χ2n) is 7.41. The Labute approximate surface area is 173 Å². The lowest BCUT2D eigenvalue weighted by Crippen LogP contribution is -2.15. The van der Waals surface area contributed by atoms with Crippen LogP contribution in [0.4, 0.5) is 5.13 Å². The fourth-order valence-electron chi connectivity index (χ4n) is 3.52. The molecule has 6 nitrogen and oxygen atoms in total. The normalized spacial score (nSPS) is 16.0. The Morgan fingerprint density at radius 2 is 2.32 bits per heavy atom. The van der Waals surface area contributed by atoms with Crippen molar-refractivity contribution in [2.24, 2.45) is 5.92 Å². The SMILES string of the molecule is Cc1cccc(-c2n[nH]c(=S)n2CCC(=O)Nc2nc3c(s2)CC(C)CC3)c1. The standard InChI is InChI=1S/C20H23N5OS2/c1-12-4-3-5-14(10-12)18-23-24-20(27)25(18)9-8-17(26)22-19-21-15-7-6-13(2)11-16(15)28-19/h3-5,10,13H,6-9,11H2,1-2H3,(H,24,27)(H,21,22,26). The number of carbonyl (C=O) groups excluding carboxylic acids is 1. The number of aryl methyl sites for hydroxylation is 2. The van der Waals surface area contributed by atoms with Crippen LogP contribution in [0.1, 0.15) is 35.9 Å². The molecule has 2 aromatic heterocycles. The quantitative estimate of drug-likeness (QED) is 0.603. The van der Waals surface area contributed by atoms with Crippen molar-refractivity contribution >= 4 is 34.6 Å². The van der Waals surface area contributed by atoms with Crippen molar-refractivity contribution in [3.8, 4) is 11.4 Å². The number of carbonyl (C=O) groups is 1. The van der Waals surface area contributed by atoms with Crippen LogP contribution < -0.4 is 5.32 Å². The molecular weight excluding hydrogens is 390 g/mol. The van der Waals surface area contributed by atoms with Gasteiger partial charge in [0.1, 0.15) is 0 Å². The molecule has 2 heterocycles. The van der Waals surface area contributed by atoms with E-state index >= 15 is 0 Å². The van der Waals surface area contributed by atoms with E-state index in [1.807, 2.05) is 29.7 Å². The average molecular weight is 414 g/mol. The van der Waals surface area contributed by atoms with Gasteiger partial charge in [0.15, 0.2) is 15.7 Å². The van der Waals surface area contributed by atoms with Gasteiger partial charge in [-0.1, -0.05) is 30.7 Å². The zero-order valence-corrected chi connectivity index (χ0v) is 17.6. The second-order valence-corrected chi connectivity index (χ2v) is 8.88. The van der Waals surface area contributed by atoms with E-state index in [-0.39, 0.29) is 5.91 Å².